The molecule has 4 amide bonds. The fourth-order valence-electron chi connectivity index (χ4n) is 4.67. The van der Waals surface area contributed by atoms with E-state index in [0.717, 1.165) is 24.3 Å². The predicted octanol–water partition coefficient (Wildman–Crippen LogP) is 6.42. The van der Waals surface area contributed by atoms with Gasteiger partial charge in [-0.05, 0) is 92.9 Å². The molecule has 20 heteroatoms. The summed E-state index contributed by atoms with van der Waals surface area (Å²) in [6.45, 7) is 5.59. The number of carbonyl (C=O) groups excluding carboxylic acids is 4. The number of hydrogen-bond acceptors (Lipinski definition) is 9. The average Bonchev–Trinajstić information content (AvgIpc) is 3.15. The number of halogens is 6. The first-order valence-corrected chi connectivity index (χ1v) is 16.6. The molecule has 1 atom stereocenters. The summed E-state index contributed by atoms with van der Waals surface area (Å²) in [6.07, 6.45) is -4.07. The topological polar surface area (TPSA) is 218 Å². The molecule has 302 valence electrons. The first-order chi connectivity index (χ1) is 26.8. The van der Waals surface area contributed by atoms with Crippen molar-refractivity contribution in [2.24, 2.45) is 5.73 Å². The van der Waals surface area contributed by atoms with Gasteiger partial charge in [0.25, 0.3) is 11.8 Å². The highest BCUT2D eigenvalue weighted by molar-refractivity contribution is 6.08. The van der Waals surface area contributed by atoms with Crippen LogP contribution >= 0.6 is 0 Å². The highest BCUT2D eigenvalue weighted by Gasteiger charge is 2.38. The summed E-state index contributed by atoms with van der Waals surface area (Å²) in [5.41, 5.74) is 6.68. The third kappa shape index (κ3) is 14.4. The number of aryl methyl sites for hydroxylation is 1. The van der Waals surface area contributed by atoms with Crippen molar-refractivity contribution >= 4 is 58.3 Å². The minimum Gasteiger partial charge on any atom is -0.475 e. The minimum atomic E-state index is -5.08. The van der Waals surface area contributed by atoms with Crippen LogP contribution in [-0.2, 0) is 20.6 Å². The number of nitrogens with zero attached hydrogens (tertiary/aromatic N) is 2. The largest absolute Gasteiger partial charge is 0.490 e. The Balaban J connectivity index is 0.00000113. The summed E-state index contributed by atoms with van der Waals surface area (Å²) in [4.78, 5) is 67.9. The van der Waals surface area contributed by atoms with Gasteiger partial charge >= 0.3 is 18.3 Å². The summed E-state index contributed by atoms with van der Waals surface area (Å²) in [6, 6.07) is 14.6. The maximum absolute atomic E-state index is 13.1. The molecule has 0 aliphatic carbocycles. The Bertz CT molecular complexity index is 2080. The molecule has 1 aromatic heterocycles. The number of carboxylic acid groups (broad SMARTS) is 1. The maximum atomic E-state index is 13.1. The molecular formula is C37H36F6N8O6. The summed E-state index contributed by atoms with van der Waals surface area (Å²) in [7, 11) is 0. The molecule has 0 radical (unpaired) electrons. The number of aliphatic carboxylic acids is 1. The van der Waals surface area contributed by atoms with Gasteiger partial charge in [-0.25, -0.2) is 14.8 Å². The molecule has 3 aromatic carbocycles. The average molecular weight is 803 g/mol. The third-order valence-electron chi connectivity index (χ3n) is 7.50. The van der Waals surface area contributed by atoms with Crippen LogP contribution in [0.15, 0.2) is 91.8 Å². The van der Waals surface area contributed by atoms with Crippen molar-refractivity contribution in [2.75, 3.05) is 27.8 Å². The van der Waals surface area contributed by atoms with E-state index < -0.39 is 53.6 Å². The van der Waals surface area contributed by atoms with Crippen LogP contribution in [0, 0.1) is 6.92 Å². The molecule has 8 N–H and O–H groups in total. The molecule has 0 aliphatic heterocycles. The number of nitrogens with two attached hydrogens (primary N) is 1. The van der Waals surface area contributed by atoms with Crippen LogP contribution in [0.3, 0.4) is 0 Å². The zero-order chi connectivity index (χ0) is 42.3. The second-order valence-electron chi connectivity index (χ2n) is 11.9. The number of rotatable bonds is 14. The Hall–Kier alpha value is -6.83. The van der Waals surface area contributed by atoms with Crippen molar-refractivity contribution in [3.05, 3.63) is 114 Å². The number of aromatic nitrogens is 2. The molecule has 0 saturated carbocycles. The van der Waals surface area contributed by atoms with Crippen molar-refractivity contribution in [3.8, 4) is 0 Å². The van der Waals surface area contributed by atoms with Crippen molar-refractivity contribution < 1.29 is 55.4 Å². The van der Waals surface area contributed by atoms with Gasteiger partial charge in [-0.1, -0.05) is 24.8 Å². The highest BCUT2D eigenvalue weighted by atomic mass is 19.4. The van der Waals surface area contributed by atoms with E-state index in [0.29, 0.717) is 42.7 Å². The van der Waals surface area contributed by atoms with E-state index in [1.54, 1.807) is 37.3 Å². The summed E-state index contributed by atoms with van der Waals surface area (Å²) in [5.74, 6) is -4.72. The van der Waals surface area contributed by atoms with E-state index >= 15 is 0 Å². The van der Waals surface area contributed by atoms with E-state index in [9.17, 15) is 45.5 Å². The number of carbonyl (C=O) groups is 5. The van der Waals surface area contributed by atoms with Gasteiger partial charge in [0, 0.05) is 28.2 Å². The summed E-state index contributed by atoms with van der Waals surface area (Å²) < 4.78 is 71.0. The Morgan fingerprint density at radius 3 is 2.04 bits per heavy atom. The molecule has 0 bridgehead atoms. The Morgan fingerprint density at radius 1 is 0.807 bits per heavy atom. The zero-order valence-electron chi connectivity index (χ0n) is 29.9. The molecule has 4 rings (SSSR count). The van der Waals surface area contributed by atoms with Gasteiger partial charge in [0.05, 0.1) is 23.6 Å². The van der Waals surface area contributed by atoms with Gasteiger partial charge in [-0.3, -0.25) is 19.2 Å². The Labute approximate surface area is 321 Å². The van der Waals surface area contributed by atoms with Crippen LogP contribution in [-0.4, -0.2) is 63.4 Å². The van der Waals surface area contributed by atoms with Crippen molar-refractivity contribution in [3.63, 3.8) is 0 Å². The minimum absolute atomic E-state index is 0.189. The normalized spacial score (nSPS) is 11.5. The molecule has 4 aromatic rings. The quantitative estimate of drug-likeness (QED) is 0.0422. The highest BCUT2D eigenvalue weighted by Crippen LogP contribution is 2.30. The Morgan fingerprint density at radius 2 is 1.42 bits per heavy atom. The second-order valence-corrected chi connectivity index (χ2v) is 11.9. The molecule has 0 saturated heterocycles. The molecule has 1 unspecified atom stereocenters. The molecular weight excluding hydrogens is 766 g/mol. The second kappa shape index (κ2) is 20.2. The molecule has 57 heavy (non-hydrogen) atoms. The first-order valence-electron chi connectivity index (χ1n) is 16.6. The SMILES string of the molecule is C=CC(=O)NC(CCCCN)C(=O)Nc1cccc(Nc2ncc(NC(=O)c3cc(NC(=O)c4cccc(C(F)(F)F)c4)ccc3C)cn2)c1.O=C(O)C(F)(F)F. The number of anilines is 5. The number of alkyl halides is 6. The lowest BCUT2D eigenvalue weighted by Crippen LogP contribution is -2.43. The van der Waals surface area contributed by atoms with Gasteiger partial charge in [-0.15, -0.1) is 0 Å². The van der Waals surface area contributed by atoms with Crippen LogP contribution in [0.25, 0.3) is 0 Å². The number of hydrogen-bond donors (Lipinski definition) is 7. The van der Waals surface area contributed by atoms with Gasteiger partial charge in [-0.2, -0.15) is 26.3 Å². The lowest BCUT2D eigenvalue weighted by molar-refractivity contribution is -0.192. The van der Waals surface area contributed by atoms with Crippen LogP contribution < -0.4 is 32.3 Å². The molecule has 14 nitrogen and oxygen atoms in total. The van der Waals surface area contributed by atoms with Gasteiger partial charge in [0.2, 0.25) is 17.8 Å². The summed E-state index contributed by atoms with van der Waals surface area (Å²) in [5, 5.41) is 20.8. The third-order valence-corrected chi connectivity index (χ3v) is 7.50. The summed E-state index contributed by atoms with van der Waals surface area (Å²) >= 11 is 0. The number of nitrogens with one attached hydrogen (secondary N) is 5. The van der Waals surface area contributed by atoms with Crippen LogP contribution in [0.5, 0.6) is 0 Å². The van der Waals surface area contributed by atoms with E-state index in [-0.39, 0.29) is 28.5 Å². The van der Waals surface area contributed by atoms with Crippen molar-refractivity contribution in [2.45, 2.75) is 44.6 Å². The first kappa shape index (κ1) is 44.6. The van der Waals surface area contributed by atoms with E-state index in [1.807, 2.05) is 0 Å². The Kier molecular flexibility index (Phi) is 15.8. The number of amides is 4. The maximum Gasteiger partial charge on any atom is 0.490 e. The van der Waals surface area contributed by atoms with E-state index in [1.165, 1.54) is 30.6 Å². The monoisotopic (exact) mass is 802 g/mol. The smallest absolute Gasteiger partial charge is 0.475 e. The van der Waals surface area contributed by atoms with Crippen LogP contribution in [0.1, 0.15) is 51.1 Å². The van der Waals surface area contributed by atoms with Crippen molar-refractivity contribution in [1.82, 2.24) is 15.3 Å². The van der Waals surface area contributed by atoms with Gasteiger partial charge in [0.1, 0.15) is 6.04 Å². The number of unbranched alkanes of at least 4 members (excludes halogenated alkanes) is 1. The molecule has 1 heterocycles. The molecule has 0 spiro atoms. The van der Waals surface area contributed by atoms with Crippen LogP contribution in [0.2, 0.25) is 0 Å². The van der Waals surface area contributed by atoms with E-state index in [4.69, 9.17) is 15.6 Å². The van der Waals surface area contributed by atoms with E-state index in [2.05, 4.69) is 43.1 Å². The molecule has 0 fully saturated rings. The fourth-order valence-corrected chi connectivity index (χ4v) is 4.67. The zero-order valence-corrected chi connectivity index (χ0v) is 29.9. The van der Waals surface area contributed by atoms with Gasteiger partial charge in [0.15, 0.2) is 0 Å². The standard InChI is InChI=1S/C35H35F3N8O4.C2HF3O2/c1-3-30(47)46-29(12-4-5-15-39)33(50)43-24-10-7-11-25(17-24)45-34-40-19-27(20-41-34)44-32(49)28-18-26(14-13-21(28)2)42-31(48)22-8-6-9-23(16-22)35(36,37)38;3-2(4,5)1(6)7/h3,6-11,13-14,16-20,29H,1,4-5,12,15,39H2,2H3,(H,42,48)(H,43,50)(H,44,49)(H,46,47)(H,40,41,45);(H,6,7). The fraction of sp³-hybridized carbons (Fsp3) is 0.216. The van der Waals surface area contributed by atoms with Crippen molar-refractivity contribution in [1.29, 1.82) is 0 Å². The molecule has 0 aliphatic rings. The predicted molar refractivity (Wildman–Crippen MR) is 198 cm³/mol. The lowest BCUT2D eigenvalue weighted by atomic mass is 10.1. The van der Waals surface area contributed by atoms with Gasteiger partial charge < -0.3 is 37.4 Å². The number of benzene rings is 3. The number of carboxylic acids is 1. The lowest BCUT2D eigenvalue weighted by Gasteiger charge is -2.18. The van der Waals surface area contributed by atoms with Crippen LogP contribution in [0.4, 0.5) is 55.0 Å².